The Bertz CT molecular complexity index is 543. The van der Waals surface area contributed by atoms with E-state index in [1.807, 2.05) is 0 Å². The van der Waals surface area contributed by atoms with Gasteiger partial charge in [-0.15, -0.1) is 0 Å². The van der Waals surface area contributed by atoms with E-state index in [0.29, 0.717) is 5.56 Å². The van der Waals surface area contributed by atoms with Gasteiger partial charge in [0, 0.05) is 13.1 Å². The Morgan fingerprint density at radius 2 is 1.84 bits per heavy atom. The molecule has 0 unspecified atom stereocenters. The van der Waals surface area contributed by atoms with Gasteiger partial charge in [-0.3, -0.25) is 4.79 Å². The fourth-order valence-electron chi connectivity index (χ4n) is 1.77. The lowest BCUT2D eigenvalue weighted by Gasteiger charge is -2.19. The van der Waals surface area contributed by atoms with Crippen molar-refractivity contribution in [1.82, 2.24) is 4.31 Å². The highest BCUT2D eigenvalue weighted by Gasteiger charge is 2.23. The van der Waals surface area contributed by atoms with Crippen LogP contribution in [0.1, 0.15) is 18.1 Å². The molecule has 0 saturated carbocycles. The average Bonchev–Trinajstić information content (AvgIpc) is 2.35. The van der Waals surface area contributed by atoms with E-state index < -0.39 is 15.9 Å². The van der Waals surface area contributed by atoms with E-state index in [4.69, 9.17) is 11.5 Å². The zero-order valence-corrected chi connectivity index (χ0v) is 11.7. The van der Waals surface area contributed by atoms with Crippen molar-refractivity contribution in [1.29, 1.82) is 0 Å². The van der Waals surface area contributed by atoms with E-state index in [1.165, 1.54) is 0 Å². The summed E-state index contributed by atoms with van der Waals surface area (Å²) in [4.78, 5) is 10.9. The largest absolute Gasteiger partial charge is 0.369 e. The second-order valence-corrected chi connectivity index (χ2v) is 6.09. The number of rotatable bonds is 7. The predicted molar refractivity (Wildman–Crippen MR) is 73.4 cm³/mol. The number of carbonyl (C=O) groups is 1. The molecule has 0 aromatic heterocycles. The van der Waals surface area contributed by atoms with Crippen LogP contribution < -0.4 is 11.5 Å². The van der Waals surface area contributed by atoms with Gasteiger partial charge in [-0.1, -0.05) is 31.2 Å². The molecular weight excluding hydrogens is 266 g/mol. The van der Waals surface area contributed by atoms with Crippen LogP contribution in [0, 0.1) is 0 Å². The van der Waals surface area contributed by atoms with E-state index in [-0.39, 0.29) is 25.4 Å². The molecule has 1 rings (SSSR count). The van der Waals surface area contributed by atoms with Gasteiger partial charge in [-0.2, -0.15) is 4.31 Å². The Balaban J connectivity index is 2.98. The SMILES string of the molecule is CCN(CC(N)=O)S(=O)(=O)Cc1ccccc1CN. The lowest BCUT2D eigenvalue weighted by atomic mass is 10.1. The number of nitrogens with two attached hydrogens (primary N) is 2. The maximum atomic E-state index is 12.2. The lowest BCUT2D eigenvalue weighted by molar-refractivity contribution is -0.118. The molecular formula is C12H19N3O3S. The average molecular weight is 285 g/mol. The maximum Gasteiger partial charge on any atom is 0.232 e. The van der Waals surface area contributed by atoms with Crippen molar-refractivity contribution in [2.24, 2.45) is 11.5 Å². The van der Waals surface area contributed by atoms with Crippen LogP contribution in [0.4, 0.5) is 0 Å². The quantitative estimate of drug-likeness (QED) is 0.722. The normalized spacial score (nSPS) is 11.7. The van der Waals surface area contributed by atoms with Crippen molar-refractivity contribution in [3.63, 3.8) is 0 Å². The van der Waals surface area contributed by atoms with Crippen LogP contribution in [0.15, 0.2) is 24.3 Å². The van der Waals surface area contributed by atoms with Crippen molar-refractivity contribution in [2.45, 2.75) is 19.2 Å². The number of benzene rings is 1. The first-order chi connectivity index (χ1) is 8.90. The standard InChI is InChI=1S/C12H19N3O3S/c1-2-15(8-12(14)16)19(17,18)9-11-6-4-3-5-10(11)7-13/h3-6H,2,7-9,13H2,1H3,(H2,14,16). The molecule has 0 heterocycles. The summed E-state index contributed by atoms with van der Waals surface area (Å²) < 4.78 is 25.5. The summed E-state index contributed by atoms with van der Waals surface area (Å²) in [5.41, 5.74) is 12.1. The van der Waals surface area contributed by atoms with E-state index in [1.54, 1.807) is 31.2 Å². The lowest BCUT2D eigenvalue weighted by Crippen LogP contribution is -2.39. The molecule has 0 radical (unpaired) electrons. The summed E-state index contributed by atoms with van der Waals surface area (Å²) in [7, 11) is -3.58. The first kappa shape index (κ1) is 15.6. The summed E-state index contributed by atoms with van der Waals surface area (Å²) in [5.74, 6) is -0.848. The van der Waals surface area contributed by atoms with E-state index in [2.05, 4.69) is 0 Å². The molecule has 0 aliphatic carbocycles. The number of hydrogen-bond donors (Lipinski definition) is 2. The second kappa shape index (κ2) is 6.65. The van der Waals surface area contributed by atoms with Crippen LogP contribution in [-0.2, 0) is 27.1 Å². The van der Waals surface area contributed by atoms with Crippen LogP contribution in [-0.4, -0.2) is 31.7 Å². The van der Waals surface area contributed by atoms with Gasteiger partial charge in [0.05, 0.1) is 12.3 Å². The Kier molecular flexibility index (Phi) is 5.46. The van der Waals surface area contributed by atoms with E-state index in [9.17, 15) is 13.2 Å². The predicted octanol–water partition coefficient (Wildman–Crippen LogP) is -0.218. The third-order valence-electron chi connectivity index (χ3n) is 2.75. The Morgan fingerprint density at radius 1 is 1.26 bits per heavy atom. The molecule has 19 heavy (non-hydrogen) atoms. The van der Waals surface area contributed by atoms with Crippen molar-refractivity contribution in [3.05, 3.63) is 35.4 Å². The van der Waals surface area contributed by atoms with Gasteiger partial charge in [-0.05, 0) is 11.1 Å². The summed E-state index contributed by atoms with van der Waals surface area (Å²) >= 11 is 0. The number of sulfonamides is 1. The molecule has 6 nitrogen and oxygen atoms in total. The Labute approximate surface area is 113 Å². The van der Waals surface area contributed by atoms with Crippen LogP contribution in [0.5, 0.6) is 0 Å². The van der Waals surface area contributed by atoms with Crippen molar-refractivity contribution < 1.29 is 13.2 Å². The maximum absolute atomic E-state index is 12.2. The minimum absolute atomic E-state index is 0.179. The Hall–Kier alpha value is -1.44. The Morgan fingerprint density at radius 3 is 2.32 bits per heavy atom. The third-order valence-corrected chi connectivity index (χ3v) is 4.60. The zero-order chi connectivity index (χ0) is 14.5. The van der Waals surface area contributed by atoms with Gasteiger partial charge in [0.25, 0.3) is 0 Å². The van der Waals surface area contributed by atoms with E-state index >= 15 is 0 Å². The van der Waals surface area contributed by atoms with Crippen molar-refractivity contribution in [3.8, 4) is 0 Å². The van der Waals surface area contributed by atoms with Crippen LogP contribution in [0.2, 0.25) is 0 Å². The highest BCUT2D eigenvalue weighted by Crippen LogP contribution is 2.14. The molecule has 4 N–H and O–H groups in total. The van der Waals surface area contributed by atoms with Crippen molar-refractivity contribution >= 4 is 15.9 Å². The van der Waals surface area contributed by atoms with Crippen LogP contribution in [0.3, 0.4) is 0 Å². The molecule has 0 fully saturated rings. The minimum atomic E-state index is -3.58. The molecule has 0 aliphatic heterocycles. The van der Waals surface area contributed by atoms with Gasteiger partial charge in [0.15, 0.2) is 0 Å². The summed E-state index contributed by atoms with van der Waals surface area (Å²) in [5, 5.41) is 0. The van der Waals surface area contributed by atoms with Crippen LogP contribution in [0.25, 0.3) is 0 Å². The number of nitrogens with zero attached hydrogens (tertiary/aromatic N) is 1. The third kappa shape index (κ3) is 4.30. The first-order valence-corrected chi connectivity index (χ1v) is 7.54. The zero-order valence-electron chi connectivity index (χ0n) is 10.9. The monoisotopic (exact) mass is 285 g/mol. The van der Waals surface area contributed by atoms with Crippen LogP contribution >= 0.6 is 0 Å². The molecule has 1 aromatic carbocycles. The molecule has 1 amide bonds. The topological polar surface area (TPSA) is 106 Å². The van der Waals surface area contributed by atoms with Gasteiger partial charge < -0.3 is 11.5 Å². The van der Waals surface area contributed by atoms with E-state index in [0.717, 1.165) is 9.87 Å². The summed E-state index contributed by atoms with van der Waals surface area (Å²) in [6.07, 6.45) is 0. The second-order valence-electron chi connectivity index (χ2n) is 4.12. The number of amides is 1. The van der Waals surface area contributed by atoms with Crippen molar-refractivity contribution in [2.75, 3.05) is 13.1 Å². The molecule has 0 aliphatic rings. The number of primary amides is 1. The number of carbonyl (C=O) groups excluding carboxylic acids is 1. The number of likely N-dealkylation sites (N-methyl/N-ethyl adjacent to an activating group) is 1. The van der Waals surface area contributed by atoms with Gasteiger partial charge >= 0.3 is 0 Å². The molecule has 1 aromatic rings. The molecule has 0 spiro atoms. The number of hydrogen-bond acceptors (Lipinski definition) is 4. The van der Waals surface area contributed by atoms with Gasteiger partial charge in [0.1, 0.15) is 0 Å². The smallest absolute Gasteiger partial charge is 0.232 e. The van der Waals surface area contributed by atoms with Gasteiger partial charge in [0.2, 0.25) is 15.9 Å². The molecule has 0 atom stereocenters. The highest BCUT2D eigenvalue weighted by molar-refractivity contribution is 7.88. The summed E-state index contributed by atoms with van der Waals surface area (Å²) in [6, 6.07) is 7.07. The van der Waals surface area contributed by atoms with Gasteiger partial charge in [-0.25, -0.2) is 8.42 Å². The fourth-order valence-corrected chi connectivity index (χ4v) is 3.34. The first-order valence-electron chi connectivity index (χ1n) is 5.93. The molecule has 0 saturated heterocycles. The molecule has 7 heteroatoms. The molecule has 0 bridgehead atoms. The molecule has 106 valence electrons. The summed E-state index contributed by atoms with van der Waals surface area (Å²) in [6.45, 7) is 1.84. The minimum Gasteiger partial charge on any atom is -0.369 e. The fraction of sp³-hybridized carbons (Fsp3) is 0.417. The highest BCUT2D eigenvalue weighted by atomic mass is 32.2.